The van der Waals surface area contributed by atoms with Gasteiger partial charge in [0, 0.05) is 25.5 Å². The molecule has 1 aliphatic heterocycles. The van der Waals surface area contributed by atoms with Gasteiger partial charge in [-0.25, -0.2) is 9.97 Å². The van der Waals surface area contributed by atoms with Crippen LogP contribution in [0.1, 0.15) is 37.2 Å². The monoisotopic (exact) mass is 219 g/mol. The summed E-state index contributed by atoms with van der Waals surface area (Å²) in [6.07, 6.45) is 8.02. The average Bonchev–Trinajstić information content (AvgIpc) is 3.14. The van der Waals surface area contributed by atoms with Crippen molar-refractivity contribution >= 4 is 5.95 Å². The molecule has 1 saturated heterocycles. The van der Waals surface area contributed by atoms with E-state index in [9.17, 15) is 5.11 Å². The normalized spacial score (nSPS) is 22.4. The van der Waals surface area contributed by atoms with Crippen molar-refractivity contribution in [2.45, 2.75) is 37.7 Å². The van der Waals surface area contributed by atoms with Gasteiger partial charge in [0.05, 0.1) is 6.10 Å². The second-order valence-electron chi connectivity index (χ2n) is 4.81. The Morgan fingerprint density at radius 1 is 1.06 bits per heavy atom. The Balaban J connectivity index is 1.69. The van der Waals surface area contributed by atoms with Crippen LogP contribution >= 0.6 is 0 Å². The third-order valence-corrected chi connectivity index (χ3v) is 3.45. The Hall–Kier alpha value is -1.16. The number of aromatic nitrogens is 2. The predicted molar refractivity (Wildman–Crippen MR) is 61.5 cm³/mol. The van der Waals surface area contributed by atoms with Crippen LogP contribution in [0.15, 0.2) is 12.4 Å². The Bertz CT molecular complexity index is 353. The molecule has 0 radical (unpaired) electrons. The number of rotatable bonds is 2. The molecule has 2 aliphatic rings. The van der Waals surface area contributed by atoms with Gasteiger partial charge < -0.3 is 10.0 Å². The second-order valence-corrected chi connectivity index (χ2v) is 4.81. The maximum atomic E-state index is 9.43. The summed E-state index contributed by atoms with van der Waals surface area (Å²) in [5.41, 5.74) is 1.28. The first kappa shape index (κ1) is 10.0. The summed E-state index contributed by atoms with van der Waals surface area (Å²) in [6.45, 7) is 1.73. The lowest BCUT2D eigenvalue weighted by Crippen LogP contribution is -2.36. The smallest absolute Gasteiger partial charge is 0.225 e. The molecule has 3 rings (SSSR count). The summed E-state index contributed by atoms with van der Waals surface area (Å²) in [5, 5.41) is 9.43. The Labute approximate surface area is 95.3 Å². The van der Waals surface area contributed by atoms with Gasteiger partial charge in [0.15, 0.2) is 0 Å². The molecular weight excluding hydrogens is 202 g/mol. The van der Waals surface area contributed by atoms with E-state index >= 15 is 0 Å². The van der Waals surface area contributed by atoms with Gasteiger partial charge in [-0.05, 0) is 37.2 Å². The zero-order valence-electron chi connectivity index (χ0n) is 9.34. The van der Waals surface area contributed by atoms with E-state index in [1.165, 1.54) is 18.4 Å². The number of aliphatic hydroxyl groups is 1. The van der Waals surface area contributed by atoms with E-state index in [0.717, 1.165) is 37.8 Å². The van der Waals surface area contributed by atoms with Crippen LogP contribution in [0.3, 0.4) is 0 Å². The van der Waals surface area contributed by atoms with Gasteiger partial charge in [-0.2, -0.15) is 0 Å². The van der Waals surface area contributed by atoms with Gasteiger partial charge in [-0.15, -0.1) is 0 Å². The molecule has 2 fully saturated rings. The van der Waals surface area contributed by atoms with Crippen molar-refractivity contribution in [3.05, 3.63) is 18.0 Å². The van der Waals surface area contributed by atoms with E-state index in [1.54, 1.807) is 0 Å². The number of piperidine rings is 1. The highest BCUT2D eigenvalue weighted by Gasteiger charge is 2.25. The highest BCUT2D eigenvalue weighted by molar-refractivity contribution is 5.32. The lowest BCUT2D eigenvalue weighted by molar-refractivity contribution is 0.145. The molecule has 4 heteroatoms. The molecule has 16 heavy (non-hydrogen) atoms. The fourth-order valence-electron chi connectivity index (χ4n) is 2.19. The minimum Gasteiger partial charge on any atom is -0.393 e. The summed E-state index contributed by atoms with van der Waals surface area (Å²) in [7, 11) is 0. The van der Waals surface area contributed by atoms with Crippen LogP contribution in [-0.4, -0.2) is 34.3 Å². The summed E-state index contributed by atoms with van der Waals surface area (Å²) in [4.78, 5) is 11.0. The van der Waals surface area contributed by atoms with Crippen molar-refractivity contribution in [3.63, 3.8) is 0 Å². The lowest BCUT2D eigenvalue weighted by atomic mass is 10.1. The largest absolute Gasteiger partial charge is 0.393 e. The van der Waals surface area contributed by atoms with E-state index in [2.05, 4.69) is 14.9 Å². The highest BCUT2D eigenvalue weighted by Crippen LogP contribution is 2.39. The molecule has 0 spiro atoms. The van der Waals surface area contributed by atoms with Crippen LogP contribution in [0.5, 0.6) is 0 Å². The molecule has 0 bridgehead atoms. The summed E-state index contributed by atoms with van der Waals surface area (Å²) in [5.74, 6) is 1.54. The third-order valence-electron chi connectivity index (χ3n) is 3.45. The molecule has 0 unspecified atom stereocenters. The number of anilines is 1. The van der Waals surface area contributed by atoms with Crippen LogP contribution in [-0.2, 0) is 0 Å². The van der Waals surface area contributed by atoms with Crippen molar-refractivity contribution in [2.24, 2.45) is 0 Å². The van der Waals surface area contributed by atoms with Crippen molar-refractivity contribution in [1.82, 2.24) is 9.97 Å². The molecule has 2 heterocycles. The van der Waals surface area contributed by atoms with Crippen LogP contribution in [0, 0.1) is 0 Å². The Kier molecular flexibility index (Phi) is 2.52. The maximum absolute atomic E-state index is 9.43. The van der Waals surface area contributed by atoms with Crippen molar-refractivity contribution in [2.75, 3.05) is 18.0 Å². The Morgan fingerprint density at radius 3 is 2.25 bits per heavy atom. The molecule has 0 atom stereocenters. The molecular formula is C12H17N3O. The second kappa shape index (κ2) is 4.01. The molecule has 1 aliphatic carbocycles. The van der Waals surface area contributed by atoms with Gasteiger partial charge in [-0.3, -0.25) is 0 Å². The molecule has 1 aromatic rings. The zero-order valence-corrected chi connectivity index (χ0v) is 9.34. The Morgan fingerprint density at radius 2 is 1.69 bits per heavy atom. The zero-order chi connectivity index (χ0) is 11.0. The van der Waals surface area contributed by atoms with E-state index in [0.29, 0.717) is 0 Å². The van der Waals surface area contributed by atoms with E-state index in [1.807, 2.05) is 12.4 Å². The average molecular weight is 219 g/mol. The van der Waals surface area contributed by atoms with Crippen LogP contribution < -0.4 is 4.90 Å². The fourth-order valence-corrected chi connectivity index (χ4v) is 2.19. The SMILES string of the molecule is OC1CCN(c2ncc(C3CC3)cn2)CC1. The molecule has 1 N–H and O–H groups in total. The third kappa shape index (κ3) is 2.02. The van der Waals surface area contributed by atoms with Crippen LogP contribution in [0.4, 0.5) is 5.95 Å². The first-order chi connectivity index (χ1) is 7.83. The van der Waals surface area contributed by atoms with E-state index in [-0.39, 0.29) is 6.10 Å². The molecule has 0 aromatic carbocycles. The summed E-state index contributed by atoms with van der Waals surface area (Å²) >= 11 is 0. The standard InChI is InChI=1S/C12H17N3O/c16-11-3-5-15(6-4-11)12-13-7-10(8-14-12)9-1-2-9/h7-9,11,16H,1-6H2. The predicted octanol–water partition coefficient (Wildman–Crippen LogP) is 1.32. The van der Waals surface area contributed by atoms with Crippen LogP contribution in [0.25, 0.3) is 0 Å². The van der Waals surface area contributed by atoms with E-state index in [4.69, 9.17) is 0 Å². The van der Waals surface area contributed by atoms with Gasteiger partial charge in [0.25, 0.3) is 0 Å². The minimum atomic E-state index is -0.137. The van der Waals surface area contributed by atoms with Crippen molar-refractivity contribution in [3.8, 4) is 0 Å². The first-order valence-electron chi connectivity index (χ1n) is 6.08. The quantitative estimate of drug-likeness (QED) is 0.815. The molecule has 0 amide bonds. The van der Waals surface area contributed by atoms with E-state index < -0.39 is 0 Å². The van der Waals surface area contributed by atoms with Crippen LogP contribution in [0.2, 0.25) is 0 Å². The van der Waals surface area contributed by atoms with Crippen molar-refractivity contribution in [1.29, 1.82) is 0 Å². The van der Waals surface area contributed by atoms with Gasteiger partial charge in [-0.1, -0.05) is 0 Å². The van der Waals surface area contributed by atoms with Crippen molar-refractivity contribution < 1.29 is 5.11 Å². The number of aliphatic hydroxyl groups excluding tert-OH is 1. The highest BCUT2D eigenvalue weighted by atomic mass is 16.3. The minimum absolute atomic E-state index is 0.137. The molecule has 1 saturated carbocycles. The lowest BCUT2D eigenvalue weighted by Gasteiger charge is -2.29. The summed E-state index contributed by atoms with van der Waals surface area (Å²) in [6, 6.07) is 0. The van der Waals surface area contributed by atoms with Gasteiger partial charge in [0.1, 0.15) is 0 Å². The molecule has 86 valence electrons. The number of hydrogen-bond acceptors (Lipinski definition) is 4. The topological polar surface area (TPSA) is 49.2 Å². The van der Waals surface area contributed by atoms with Gasteiger partial charge in [0.2, 0.25) is 5.95 Å². The number of nitrogens with zero attached hydrogens (tertiary/aromatic N) is 3. The summed E-state index contributed by atoms with van der Waals surface area (Å²) < 4.78 is 0. The number of hydrogen-bond donors (Lipinski definition) is 1. The molecule has 1 aromatic heterocycles. The molecule has 4 nitrogen and oxygen atoms in total. The fraction of sp³-hybridized carbons (Fsp3) is 0.667. The maximum Gasteiger partial charge on any atom is 0.225 e. The first-order valence-corrected chi connectivity index (χ1v) is 6.08. The van der Waals surface area contributed by atoms with Gasteiger partial charge >= 0.3 is 0 Å².